The second-order valence-electron chi connectivity index (χ2n) is 5.52. The number of hydrogen-bond donors (Lipinski definition) is 2. The Morgan fingerprint density at radius 2 is 1.68 bits per heavy atom. The van der Waals surface area contributed by atoms with Crippen LogP contribution in [-0.4, -0.2) is 90.0 Å². The van der Waals surface area contributed by atoms with Crippen molar-refractivity contribution >= 4 is 0 Å². The molecule has 0 aromatic rings. The second kappa shape index (κ2) is 18.8. The van der Waals surface area contributed by atoms with Gasteiger partial charge in [0.1, 0.15) is 6.10 Å². The lowest BCUT2D eigenvalue weighted by atomic mass is 10.3. The lowest BCUT2D eigenvalue weighted by molar-refractivity contribution is 0.0245. The molecule has 0 spiro atoms. The van der Waals surface area contributed by atoms with Crippen LogP contribution in [0.1, 0.15) is 26.7 Å². The Balaban J connectivity index is 0. The van der Waals surface area contributed by atoms with Gasteiger partial charge in [-0.15, -0.1) is 0 Å². The smallest absolute Gasteiger partial charge is 0.104 e. The Kier molecular flexibility index (Phi) is 20.5. The molecule has 0 amide bonds. The molecule has 1 heterocycles. The number of hydrogen-bond acceptors (Lipinski definition) is 6. The third-order valence-electron chi connectivity index (χ3n) is 2.29. The van der Waals surface area contributed by atoms with Gasteiger partial charge in [-0.2, -0.15) is 0 Å². The number of aliphatic hydroxyl groups excluding tert-OH is 1. The number of likely N-dealkylation sites (N-methyl/N-ethyl adjacent to an activating group) is 1. The summed E-state index contributed by atoms with van der Waals surface area (Å²) in [5.41, 5.74) is 0. The molecule has 1 fully saturated rings. The molecule has 0 bridgehead atoms. The molecule has 0 aromatic carbocycles. The fourth-order valence-electron chi connectivity index (χ4n) is 1.36. The third-order valence-corrected chi connectivity index (χ3v) is 2.29. The molecule has 2 N–H and O–H groups in total. The van der Waals surface area contributed by atoms with E-state index in [0.717, 1.165) is 39.3 Å². The Bertz CT molecular complexity index is 203. The van der Waals surface area contributed by atoms with E-state index in [-0.39, 0.29) is 6.10 Å². The zero-order valence-corrected chi connectivity index (χ0v) is 15.4. The third kappa shape index (κ3) is 24.8. The molecular weight excluding hydrogens is 284 g/mol. The average molecular weight is 322 g/mol. The van der Waals surface area contributed by atoms with Gasteiger partial charge in [0.05, 0.1) is 25.9 Å². The first-order valence-corrected chi connectivity index (χ1v) is 8.20. The number of nitrogens with one attached hydrogen (secondary N) is 1. The van der Waals surface area contributed by atoms with Crippen LogP contribution in [0.5, 0.6) is 0 Å². The van der Waals surface area contributed by atoms with Crippen molar-refractivity contribution in [3.05, 3.63) is 0 Å². The molecule has 0 radical (unpaired) electrons. The van der Waals surface area contributed by atoms with Crippen molar-refractivity contribution in [1.29, 1.82) is 0 Å². The molecule has 1 rings (SSSR count). The molecule has 1 aliphatic heterocycles. The summed E-state index contributed by atoms with van der Waals surface area (Å²) in [6, 6.07) is 0. The lowest BCUT2D eigenvalue weighted by Crippen LogP contribution is -2.29. The predicted molar refractivity (Wildman–Crippen MR) is 91.5 cm³/mol. The van der Waals surface area contributed by atoms with Crippen molar-refractivity contribution in [3.63, 3.8) is 0 Å². The largest absolute Gasteiger partial charge is 0.389 e. The van der Waals surface area contributed by atoms with E-state index >= 15 is 0 Å². The standard InChI is InChI=1S/C8H19NO2.C6H12O2.C2H7N/c1-4-5-11-7-8(10)6-9(2)3;1-2-3-7-4-6-5-8-6;1-3-2/h8,10H,4-7H2,1-3H3;6H,2-5H2,1H3;3H,1-2H3. The quantitative estimate of drug-likeness (QED) is 0.462. The van der Waals surface area contributed by atoms with Gasteiger partial charge in [0.25, 0.3) is 0 Å². The van der Waals surface area contributed by atoms with E-state index in [4.69, 9.17) is 14.2 Å². The minimum atomic E-state index is -0.350. The molecule has 22 heavy (non-hydrogen) atoms. The molecule has 0 saturated carbocycles. The minimum Gasteiger partial charge on any atom is -0.389 e. The summed E-state index contributed by atoms with van der Waals surface area (Å²) in [5, 5.41) is 12.0. The van der Waals surface area contributed by atoms with Crippen molar-refractivity contribution in [2.45, 2.75) is 38.9 Å². The number of aliphatic hydroxyl groups is 1. The first kappa shape index (κ1) is 24.0. The minimum absolute atomic E-state index is 0.350. The van der Waals surface area contributed by atoms with Gasteiger partial charge in [-0.1, -0.05) is 13.8 Å². The van der Waals surface area contributed by atoms with E-state index in [1.807, 2.05) is 33.1 Å². The molecule has 136 valence electrons. The zero-order valence-electron chi connectivity index (χ0n) is 15.4. The van der Waals surface area contributed by atoms with Crippen LogP contribution in [0.15, 0.2) is 0 Å². The Morgan fingerprint density at radius 3 is 2.09 bits per heavy atom. The van der Waals surface area contributed by atoms with Gasteiger partial charge in [0, 0.05) is 19.8 Å². The van der Waals surface area contributed by atoms with Gasteiger partial charge < -0.3 is 29.5 Å². The van der Waals surface area contributed by atoms with E-state index < -0.39 is 0 Å². The van der Waals surface area contributed by atoms with Crippen molar-refractivity contribution in [3.8, 4) is 0 Å². The van der Waals surface area contributed by atoms with E-state index in [1.54, 1.807) is 0 Å². The van der Waals surface area contributed by atoms with E-state index in [9.17, 15) is 5.11 Å². The SMILES string of the molecule is CCCOCC(O)CN(C)C.CCCOCC1CO1.CNC. The average Bonchev–Trinajstić information content (AvgIpc) is 3.24. The molecular formula is C16H38N2O4. The van der Waals surface area contributed by atoms with Crippen LogP contribution in [0.4, 0.5) is 0 Å². The fraction of sp³-hybridized carbons (Fsp3) is 1.00. The molecule has 2 unspecified atom stereocenters. The summed E-state index contributed by atoms with van der Waals surface area (Å²) in [4.78, 5) is 1.94. The number of ether oxygens (including phenoxy) is 3. The monoisotopic (exact) mass is 322 g/mol. The van der Waals surface area contributed by atoms with Crippen LogP contribution in [0.25, 0.3) is 0 Å². The number of nitrogens with zero attached hydrogens (tertiary/aromatic N) is 1. The van der Waals surface area contributed by atoms with E-state index in [0.29, 0.717) is 19.3 Å². The normalized spacial score (nSPS) is 17.2. The van der Waals surface area contributed by atoms with E-state index in [2.05, 4.69) is 19.2 Å². The highest BCUT2D eigenvalue weighted by molar-refractivity contribution is 4.66. The maximum Gasteiger partial charge on any atom is 0.104 e. The molecule has 0 aliphatic carbocycles. The van der Waals surface area contributed by atoms with Gasteiger partial charge in [-0.25, -0.2) is 0 Å². The molecule has 6 nitrogen and oxygen atoms in total. The van der Waals surface area contributed by atoms with Gasteiger partial charge >= 0.3 is 0 Å². The Morgan fingerprint density at radius 1 is 1.18 bits per heavy atom. The highest BCUT2D eigenvalue weighted by Crippen LogP contribution is 2.08. The van der Waals surface area contributed by atoms with Crippen molar-refractivity contribution < 1.29 is 19.3 Å². The van der Waals surface area contributed by atoms with Gasteiger partial charge in [0.15, 0.2) is 0 Å². The van der Waals surface area contributed by atoms with Crippen LogP contribution in [-0.2, 0) is 14.2 Å². The maximum absolute atomic E-state index is 9.28. The fourth-order valence-corrected chi connectivity index (χ4v) is 1.36. The molecule has 1 aliphatic rings. The van der Waals surface area contributed by atoms with Crippen LogP contribution in [0, 0.1) is 0 Å². The van der Waals surface area contributed by atoms with E-state index in [1.165, 1.54) is 0 Å². The lowest BCUT2D eigenvalue weighted by Gasteiger charge is -2.15. The molecule has 0 aromatic heterocycles. The summed E-state index contributed by atoms with van der Waals surface area (Å²) in [6.07, 6.45) is 2.19. The van der Waals surface area contributed by atoms with Crippen LogP contribution in [0.3, 0.4) is 0 Å². The zero-order chi connectivity index (χ0) is 17.2. The molecule has 2 atom stereocenters. The highest BCUT2D eigenvalue weighted by Gasteiger charge is 2.21. The highest BCUT2D eigenvalue weighted by atomic mass is 16.6. The van der Waals surface area contributed by atoms with Crippen LogP contribution < -0.4 is 5.32 Å². The Hall–Kier alpha value is -0.240. The Labute approximate surface area is 137 Å². The molecule has 1 saturated heterocycles. The van der Waals surface area contributed by atoms with Crippen LogP contribution >= 0.6 is 0 Å². The summed E-state index contributed by atoms with van der Waals surface area (Å²) in [6.45, 7) is 8.60. The van der Waals surface area contributed by atoms with Crippen molar-refractivity contribution in [2.75, 3.05) is 67.8 Å². The van der Waals surface area contributed by atoms with Gasteiger partial charge in [0.2, 0.25) is 0 Å². The van der Waals surface area contributed by atoms with Crippen LogP contribution in [0.2, 0.25) is 0 Å². The second-order valence-corrected chi connectivity index (χ2v) is 5.52. The van der Waals surface area contributed by atoms with Crippen molar-refractivity contribution in [2.24, 2.45) is 0 Å². The maximum atomic E-state index is 9.28. The number of epoxide rings is 1. The first-order valence-electron chi connectivity index (χ1n) is 8.20. The first-order chi connectivity index (χ1) is 10.5. The topological polar surface area (TPSA) is 66.5 Å². The van der Waals surface area contributed by atoms with Gasteiger partial charge in [-0.3, -0.25) is 0 Å². The molecule has 6 heteroatoms. The number of rotatable bonds is 10. The summed E-state index contributed by atoms with van der Waals surface area (Å²) >= 11 is 0. The summed E-state index contributed by atoms with van der Waals surface area (Å²) in [5.74, 6) is 0. The summed E-state index contributed by atoms with van der Waals surface area (Å²) < 4.78 is 15.3. The summed E-state index contributed by atoms with van der Waals surface area (Å²) in [7, 11) is 7.62. The van der Waals surface area contributed by atoms with Gasteiger partial charge in [-0.05, 0) is 41.0 Å². The van der Waals surface area contributed by atoms with Crippen molar-refractivity contribution in [1.82, 2.24) is 10.2 Å². The predicted octanol–water partition coefficient (Wildman–Crippen LogP) is 0.983.